The van der Waals surface area contributed by atoms with Crippen LogP contribution in [-0.4, -0.2) is 29.3 Å². The van der Waals surface area contributed by atoms with E-state index in [9.17, 15) is 4.79 Å². The van der Waals surface area contributed by atoms with E-state index < -0.39 is 0 Å². The monoisotopic (exact) mass is 355 g/mol. The fourth-order valence-electron chi connectivity index (χ4n) is 2.48. The molecule has 1 amide bonds. The van der Waals surface area contributed by atoms with Crippen LogP contribution in [0.1, 0.15) is 30.3 Å². The first kappa shape index (κ1) is 17.2. The van der Waals surface area contributed by atoms with Crippen molar-refractivity contribution in [2.24, 2.45) is 0 Å². The molecule has 0 saturated heterocycles. The van der Waals surface area contributed by atoms with Gasteiger partial charge in [0.25, 0.3) is 5.91 Å². The molecule has 0 aliphatic heterocycles. The Morgan fingerprint density at radius 2 is 2.08 bits per heavy atom. The summed E-state index contributed by atoms with van der Waals surface area (Å²) in [5.74, 6) is 0.655. The first-order chi connectivity index (χ1) is 12.2. The molecule has 3 rings (SSSR count). The van der Waals surface area contributed by atoms with Crippen molar-refractivity contribution in [3.8, 4) is 22.0 Å². The van der Waals surface area contributed by atoms with Crippen LogP contribution in [0.4, 0.5) is 0 Å². The predicted molar refractivity (Wildman–Crippen MR) is 101 cm³/mol. The molecule has 0 unspecified atom stereocenters. The van der Waals surface area contributed by atoms with E-state index in [1.54, 1.807) is 23.1 Å². The Labute approximate surface area is 151 Å². The molecule has 130 valence electrons. The number of ether oxygens (including phenoxy) is 1. The number of rotatable bonds is 7. The van der Waals surface area contributed by atoms with Gasteiger partial charge in [0.2, 0.25) is 0 Å². The van der Waals surface area contributed by atoms with Gasteiger partial charge >= 0.3 is 0 Å². The Morgan fingerprint density at radius 3 is 2.72 bits per heavy atom. The van der Waals surface area contributed by atoms with Gasteiger partial charge in [0.1, 0.15) is 17.1 Å². The van der Waals surface area contributed by atoms with Gasteiger partial charge in [-0.2, -0.15) is 5.10 Å². The molecular weight excluding hydrogens is 334 g/mol. The minimum absolute atomic E-state index is 0.112. The number of nitrogens with one attached hydrogen (secondary N) is 1. The Balaban J connectivity index is 1.97. The molecule has 0 fully saturated rings. The maximum Gasteiger partial charge on any atom is 0.270 e. The van der Waals surface area contributed by atoms with Crippen LogP contribution in [0.15, 0.2) is 47.8 Å². The summed E-state index contributed by atoms with van der Waals surface area (Å²) in [6.45, 7) is 2.76. The maximum atomic E-state index is 12.6. The highest BCUT2D eigenvalue weighted by molar-refractivity contribution is 7.13. The molecule has 1 aromatic carbocycles. The summed E-state index contributed by atoms with van der Waals surface area (Å²) >= 11 is 1.60. The predicted octanol–water partition coefficient (Wildman–Crippen LogP) is 4.14. The summed E-state index contributed by atoms with van der Waals surface area (Å²) in [6.07, 6.45) is 2.00. The van der Waals surface area contributed by atoms with E-state index in [2.05, 4.69) is 17.3 Å². The van der Waals surface area contributed by atoms with E-state index in [1.165, 1.54) is 0 Å². The lowest BCUT2D eigenvalue weighted by atomic mass is 10.2. The normalized spacial score (nSPS) is 10.6. The third kappa shape index (κ3) is 3.91. The van der Waals surface area contributed by atoms with Crippen LogP contribution in [-0.2, 0) is 0 Å². The summed E-state index contributed by atoms with van der Waals surface area (Å²) < 4.78 is 6.90. The first-order valence-electron chi connectivity index (χ1n) is 8.29. The Hall–Kier alpha value is -2.60. The molecule has 5 nitrogen and oxygen atoms in total. The number of aromatic nitrogens is 2. The zero-order valence-corrected chi connectivity index (χ0v) is 15.2. The minimum atomic E-state index is -0.112. The Bertz CT molecular complexity index is 823. The molecule has 0 aliphatic carbocycles. The molecule has 2 heterocycles. The average molecular weight is 355 g/mol. The Kier molecular flexibility index (Phi) is 5.50. The fraction of sp³-hybridized carbons (Fsp3) is 0.263. The molecule has 3 aromatic rings. The molecule has 25 heavy (non-hydrogen) atoms. The number of benzene rings is 1. The van der Waals surface area contributed by atoms with Crippen LogP contribution in [0.5, 0.6) is 5.75 Å². The number of thiophene rings is 1. The van der Waals surface area contributed by atoms with E-state index in [4.69, 9.17) is 4.74 Å². The van der Waals surface area contributed by atoms with Gasteiger partial charge in [0, 0.05) is 6.54 Å². The Morgan fingerprint density at radius 1 is 1.28 bits per heavy atom. The van der Waals surface area contributed by atoms with Gasteiger partial charge < -0.3 is 10.1 Å². The number of carbonyl (C=O) groups excluding carboxylic acids is 1. The summed E-state index contributed by atoms with van der Waals surface area (Å²) in [6, 6.07) is 13.3. The SMILES string of the molecule is CCCCNC(=O)c1cc(-c2cccs2)nn1-c1ccc(OC)cc1. The van der Waals surface area contributed by atoms with Gasteiger partial charge in [0.15, 0.2) is 0 Å². The van der Waals surface area contributed by atoms with Crippen LogP contribution < -0.4 is 10.1 Å². The van der Waals surface area contributed by atoms with Crippen LogP contribution >= 0.6 is 11.3 Å². The zero-order valence-electron chi connectivity index (χ0n) is 14.4. The molecule has 0 saturated carbocycles. The van der Waals surface area contributed by atoms with Crippen LogP contribution in [0, 0.1) is 0 Å². The summed E-state index contributed by atoms with van der Waals surface area (Å²) in [5.41, 5.74) is 2.15. The maximum absolute atomic E-state index is 12.6. The molecule has 2 aromatic heterocycles. The van der Waals surface area contributed by atoms with Gasteiger partial charge in [-0.15, -0.1) is 11.3 Å². The van der Waals surface area contributed by atoms with Crippen molar-refractivity contribution in [1.29, 1.82) is 0 Å². The number of amides is 1. The van der Waals surface area contributed by atoms with Gasteiger partial charge in [0.05, 0.1) is 17.7 Å². The second kappa shape index (κ2) is 7.98. The van der Waals surface area contributed by atoms with Crippen molar-refractivity contribution >= 4 is 17.2 Å². The average Bonchev–Trinajstić information content (AvgIpc) is 3.31. The molecule has 1 N–H and O–H groups in total. The van der Waals surface area contributed by atoms with Crippen molar-refractivity contribution < 1.29 is 9.53 Å². The fourth-order valence-corrected chi connectivity index (χ4v) is 3.16. The summed E-state index contributed by atoms with van der Waals surface area (Å²) in [7, 11) is 1.63. The van der Waals surface area contributed by atoms with E-state index in [0.29, 0.717) is 12.2 Å². The van der Waals surface area contributed by atoms with Crippen molar-refractivity contribution in [3.63, 3.8) is 0 Å². The van der Waals surface area contributed by atoms with E-state index in [-0.39, 0.29) is 5.91 Å². The second-order valence-electron chi connectivity index (χ2n) is 5.61. The number of unbranched alkanes of at least 4 members (excludes halogenated alkanes) is 1. The first-order valence-corrected chi connectivity index (χ1v) is 9.17. The highest BCUT2D eigenvalue weighted by atomic mass is 32.1. The molecule has 6 heteroatoms. The van der Waals surface area contributed by atoms with Crippen LogP contribution in [0.2, 0.25) is 0 Å². The zero-order chi connectivity index (χ0) is 17.6. The van der Waals surface area contributed by atoms with E-state index in [1.807, 2.05) is 47.8 Å². The topological polar surface area (TPSA) is 56.2 Å². The summed E-state index contributed by atoms with van der Waals surface area (Å²) in [4.78, 5) is 13.7. The minimum Gasteiger partial charge on any atom is -0.497 e. The van der Waals surface area contributed by atoms with Gasteiger partial charge in [-0.1, -0.05) is 19.4 Å². The van der Waals surface area contributed by atoms with Crippen LogP contribution in [0.25, 0.3) is 16.3 Å². The second-order valence-corrected chi connectivity index (χ2v) is 6.56. The lowest BCUT2D eigenvalue weighted by molar-refractivity contribution is 0.0945. The molecule has 0 radical (unpaired) electrons. The number of carbonyl (C=O) groups is 1. The molecule has 0 bridgehead atoms. The van der Waals surface area contributed by atoms with E-state index in [0.717, 1.165) is 34.8 Å². The standard InChI is InChI=1S/C19H21N3O2S/c1-3-4-11-20-19(23)17-13-16(18-6-5-12-25-18)21-22(17)14-7-9-15(24-2)10-8-14/h5-10,12-13H,3-4,11H2,1-2H3,(H,20,23). The van der Waals surface area contributed by atoms with Gasteiger partial charge in [-0.05, 0) is 48.2 Å². The highest BCUT2D eigenvalue weighted by Gasteiger charge is 2.17. The van der Waals surface area contributed by atoms with Crippen molar-refractivity contribution in [3.05, 3.63) is 53.5 Å². The van der Waals surface area contributed by atoms with Gasteiger partial charge in [-0.25, -0.2) is 4.68 Å². The summed E-state index contributed by atoms with van der Waals surface area (Å²) in [5, 5.41) is 9.63. The van der Waals surface area contributed by atoms with Crippen molar-refractivity contribution in [1.82, 2.24) is 15.1 Å². The largest absolute Gasteiger partial charge is 0.497 e. The third-order valence-electron chi connectivity index (χ3n) is 3.85. The molecule has 0 atom stereocenters. The van der Waals surface area contributed by atoms with Crippen LogP contribution in [0.3, 0.4) is 0 Å². The number of nitrogens with zero attached hydrogens (tertiary/aromatic N) is 2. The molecule has 0 spiro atoms. The smallest absolute Gasteiger partial charge is 0.270 e. The van der Waals surface area contributed by atoms with Crippen molar-refractivity contribution in [2.75, 3.05) is 13.7 Å². The lowest BCUT2D eigenvalue weighted by Gasteiger charge is -2.08. The van der Waals surface area contributed by atoms with Gasteiger partial charge in [-0.3, -0.25) is 4.79 Å². The number of hydrogen-bond acceptors (Lipinski definition) is 4. The lowest BCUT2D eigenvalue weighted by Crippen LogP contribution is -2.26. The molecule has 0 aliphatic rings. The number of hydrogen-bond donors (Lipinski definition) is 1. The number of methoxy groups -OCH3 is 1. The van der Waals surface area contributed by atoms with Crippen molar-refractivity contribution in [2.45, 2.75) is 19.8 Å². The molecular formula is C19H21N3O2S. The quantitative estimate of drug-likeness (QED) is 0.648. The van der Waals surface area contributed by atoms with E-state index >= 15 is 0 Å². The highest BCUT2D eigenvalue weighted by Crippen LogP contribution is 2.26. The third-order valence-corrected chi connectivity index (χ3v) is 4.74.